The zero-order valence-corrected chi connectivity index (χ0v) is 9.12. The third-order valence-corrected chi connectivity index (χ3v) is 2.27. The highest BCUT2D eigenvalue weighted by atomic mass is 15.1. The fraction of sp³-hybridized carbons (Fsp3) is 0.154. The average Bonchev–Trinajstić information content (AvgIpc) is 2.38. The number of azo groups is 1. The second kappa shape index (κ2) is 5.16. The normalized spacial score (nSPS) is 12.8. The van der Waals surface area contributed by atoms with Gasteiger partial charge in [0.25, 0.3) is 0 Å². The largest absolute Gasteiger partial charge is 0.264 e. The summed E-state index contributed by atoms with van der Waals surface area (Å²) in [5, 5.41) is 8.43. The van der Waals surface area contributed by atoms with Gasteiger partial charge in [0, 0.05) is 12.4 Å². The van der Waals surface area contributed by atoms with Gasteiger partial charge < -0.3 is 0 Å². The summed E-state index contributed by atoms with van der Waals surface area (Å²) in [6.07, 6.45) is 3.57. The minimum atomic E-state index is 0.0360. The number of hydrogen-bond acceptors (Lipinski definition) is 3. The van der Waals surface area contributed by atoms with Crippen LogP contribution in [-0.4, -0.2) is 4.98 Å². The second-order valence-corrected chi connectivity index (χ2v) is 3.51. The first-order valence-corrected chi connectivity index (χ1v) is 5.22. The Kier molecular flexibility index (Phi) is 3.38. The van der Waals surface area contributed by atoms with E-state index in [0.29, 0.717) is 0 Å². The van der Waals surface area contributed by atoms with Crippen LogP contribution in [0.5, 0.6) is 0 Å². The lowest BCUT2D eigenvalue weighted by molar-refractivity contribution is 0.759. The van der Waals surface area contributed by atoms with Crippen LogP contribution >= 0.6 is 0 Å². The zero-order valence-electron chi connectivity index (χ0n) is 9.12. The van der Waals surface area contributed by atoms with E-state index < -0.39 is 0 Å². The lowest BCUT2D eigenvalue weighted by Crippen LogP contribution is -1.88. The van der Waals surface area contributed by atoms with Crippen molar-refractivity contribution in [2.45, 2.75) is 13.0 Å². The lowest BCUT2D eigenvalue weighted by Gasteiger charge is -2.03. The van der Waals surface area contributed by atoms with E-state index in [4.69, 9.17) is 0 Å². The van der Waals surface area contributed by atoms with Gasteiger partial charge in [0.1, 0.15) is 0 Å². The van der Waals surface area contributed by atoms with Gasteiger partial charge in [-0.3, -0.25) is 4.98 Å². The molecule has 0 radical (unpaired) electrons. The molecule has 0 aliphatic rings. The van der Waals surface area contributed by atoms with Crippen LogP contribution in [0.4, 0.5) is 5.69 Å². The number of nitrogens with zero attached hydrogens (tertiary/aromatic N) is 3. The van der Waals surface area contributed by atoms with Gasteiger partial charge in [0.05, 0.1) is 11.7 Å². The molecular weight excluding hydrogens is 198 g/mol. The number of pyridine rings is 1. The molecule has 0 saturated heterocycles. The van der Waals surface area contributed by atoms with Gasteiger partial charge in [-0.2, -0.15) is 10.2 Å². The van der Waals surface area contributed by atoms with Crippen LogP contribution in [0.15, 0.2) is 65.1 Å². The Bertz CT molecular complexity index is 451. The molecule has 0 spiro atoms. The summed E-state index contributed by atoms with van der Waals surface area (Å²) in [5.41, 5.74) is 1.94. The molecule has 0 amide bonds. The number of aromatic nitrogens is 1. The molecule has 1 aromatic carbocycles. The van der Waals surface area contributed by atoms with Gasteiger partial charge in [-0.05, 0) is 30.7 Å². The van der Waals surface area contributed by atoms with Crippen LogP contribution < -0.4 is 0 Å². The lowest BCUT2D eigenvalue weighted by atomic mass is 10.2. The van der Waals surface area contributed by atoms with Crippen LogP contribution in [0.25, 0.3) is 0 Å². The van der Waals surface area contributed by atoms with Crippen molar-refractivity contribution in [3.8, 4) is 0 Å². The molecule has 3 heteroatoms. The van der Waals surface area contributed by atoms with E-state index in [1.54, 1.807) is 6.20 Å². The summed E-state index contributed by atoms with van der Waals surface area (Å²) in [7, 11) is 0. The van der Waals surface area contributed by atoms with Crippen molar-refractivity contribution in [3.63, 3.8) is 0 Å². The molecule has 16 heavy (non-hydrogen) atoms. The van der Waals surface area contributed by atoms with Gasteiger partial charge in [-0.25, -0.2) is 0 Å². The number of hydrogen-bond donors (Lipinski definition) is 0. The summed E-state index contributed by atoms with van der Waals surface area (Å²) in [5.74, 6) is 0. The van der Waals surface area contributed by atoms with E-state index >= 15 is 0 Å². The summed E-state index contributed by atoms with van der Waals surface area (Å²) in [6, 6.07) is 13.7. The SMILES string of the molecule is CC(N=Nc1ccccc1)c1cccnc1. The third-order valence-electron chi connectivity index (χ3n) is 2.27. The van der Waals surface area contributed by atoms with Crippen molar-refractivity contribution < 1.29 is 0 Å². The van der Waals surface area contributed by atoms with Crippen LogP contribution in [0.3, 0.4) is 0 Å². The molecule has 0 saturated carbocycles. The molecule has 1 atom stereocenters. The maximum atomic E-state index is 4.25. The van der Waals surface area contributed by atoms with Crippen molar-refractivity contribution in [1.29, 1.82) is 0 Å². The average molecular weight is 211 g/mol. The first-order valence-electron chi connectivity index (χ1n) is 5.22. The van der Waals surface area contributed by atoms with E-state index in [1.807, 2.05) is 55.6 Å². The van der Waals surface area contributed by atoms with E-state index in [0.717, 1.165) is 11.3 Å². The maximum Gasteiger partial charge on any atom is 0.0948 e. The van der Waals surface area contributed by atoms with E-state index in [1.165, 1.54) is 0 Å². The summed E-state index contributed by atoms with van der Waals surface area (Å²) < 4.78 is 0. The number of benzene rings is 1. The highest BCUT2D eigenvalue weighted by Gasteiger charge is 2.01. The number of rotatable bonds is 3. The molecule has 1 heterocycles. The molecule has 3 nitrogen and oxygen atoms in total. The predicted octanol–water partition coefficient (Wildman–Crippen LogP) is 3.93. The molecule has 1 aromatic heterocycles. The van der Waals surface area contributed by atoms with Crippen LogP contribution in [0.2, 0.25) is 0 Å². The van der Waals surface area contributed by atoms with Gasteiger partial charge in [0.2, 0.25) is 0 Å². The molecule has 0 fully saturated rings. The molecule has 1 unspecified atom stereocenters. The monoisotopic (exact) mass is 211 g/mol. The van der Waals surface area contributed by atoms with Crippen molar-refractivity contribution in [2.24, 2.45) is 10.2 Å². The minimum Gasteiger partial charge on any atom is -0.264 e. The van der Waals surface area contributed by atoms with Crippen molar-refractivity contribution in [1.82, 2.24) is 4.98 Å². The Morgan fingerprint density at radius 1 is 1.06 bits per heavy atom. The van der Waals surface area contributed by atoms with Gasteiger partial charge in [0.15, 0.2) is 0 Å². The van der Waals surface area contributed by atoms with Crippen LogP contribution in [0.1, 0.15) is 18.5 Å². The van der Waals surface area contributed by atoms with Gasteiger partial charge >= 0.3 is 0 Å². The Balaban J connectivity index is 2.08. The van der Waals surface area contributed by atoms with Gasteiger partial charge in [-0.15, -0.1) is 0 Å². The van der Waals surface area contributed by atoms with Crippen LogP contribution in [0, 0.1) is 0 Å². The highest BCUT2D eigenvalue weighted by Crippen LogP contribution is 2.18. The first kappa shape index (κ1) is 10.5. The fourth-order valence-electron chi connectivity index (χ4n) is 1.34. The molecule has 2 aromatic rings. The maximum absolute atomic E-state index is 4.25. The Labute approximate surface area is 94.9 Å². The molecule has 2 rings (SSSR count). The Morgan fingerprint density at radius 3 is 2.56 bits per heavy atom. The second-order valence-electron chi connectivity index (χ2n) is 3.51. The molecule has 0 N–H and O–H groups in total. The van der Waals surface area contributed by atoms with Gasteiger partial charge in [-0.1, -0.05) is 24.3 Å². The predicted molar refractivity (Wildman–Crippen MR) is 63.6 cm³/mol. The zero-order chi connectivity index (χ0) is 11.2. The van der Waals surface area contributed by atoms with Crippen molar-refractivity contribution in [3.05, 3.63) is 60.4 Å². The molecule has 0 bridgehead atoms. The smallest absolute Gasteiger partial charge is 0.0948 e. The minimum absolute atomic E-state index is 0.0360. The molecular formula is C13H13N3. The fourth-order valence-corrected chi connectivity index (χ4v) is 1.34. The summed E-state index contributed by atoms with van der Waals surface area (Å²) in [4.78, 5) is 4.06. The highest BCUT2D eigenvalue weighted by molar-refractivity contribution is 5.34. The first-order chi connectivity index (χ1) is 7.86. The Morgan fingerprint density at radius 2 is 1.88 bits per heavy atom. The molecule has 0 aliphatic heterocycles. The summed E-state index contributed by atoms with van der Waals surface area (Å²) >= 11 is 0. The van der Waals surface area contributed by atoms with E-state index in [9.17, 15) is 0 Å². The summed E-state index contributed by atoms with van der Waals surface area (Å²) in [6.45, 7) is 2.00. The van der Waals surface area contributed by atoms with Crippen LogP contribution in [-0.2, 0) is 0 Å². The quantitative estimate of drug-likeness (QED) is 0.709. The molecule has 80 valence electrons. The van der Waals surface area contributed by atoms with Crippen molar-refractivity contribution >= 4 is 5.69 Å². The van der Waals surface area contributed by atoms with E-state index in [-0.39, 0.29) is 6.04 Å². The standard InChI is InChI=1S/C13H13N3/c1-11(12-6-5-9-14-10-12)15-16-13-7-3-2-4-8-13/h2-11H,1H3. The third kappa shape index (κ3) is 2.73. The Hall–Kier alpha value is -2.03. The van der Waals surface area contributed by atoms with Crippen molar-refractivity contribution in [2.75, 3.05) is 0 Å². The topological polar surface area (TPSA) is 37.6 Å². The van der Waals surface area contributed by atoms with E-state index in [2.05, 4.69) is 15.2 Å². The molecule has 0 aliphatic carbocycles.